The van der Waals surface area contributed by atoms with E-state index in [2.05, 4.69) is 26.2 Å². The van der Waals surface area contributed by atoms with E-state index in [0.717, 1.165) is 56.3 Å². The molecule has 6 atom stereocenters. The lowest BCUT2D eigenvalue weighted by Crippen LogP contribution is -2.30. The molecule has 3 nitrogen and oxygen atoms in total. The van der Waals surface area contributed by atoms with E-state index in [1.165, 1.54) is 43.2 Å². The van der Waals surface area contributed by atoms with Crippen LogP contribution in [0.4, 0.5) is 0 Å². The lowest BCUT2D eigenvalue weighted by atomic mass is 9.89. The van der Waals surface area contributed by atoms with Crippen LogP contribution < -0.4 is 0 Å². The van der Waals surface area contributed by atoms with Crippen LogP contribution in [0, 0.1) is 17.8 Å². The first-order valence-corrected chi connectivity index (χ1v) is 17.3. The molecule has 0 radical (unpaired) electrons. The minimum atomic E-state index is -2.55. The maximum Gasteiger partial charge on any atom is 0.457 e. The molecule has 0 aromatic carbocycles. The van der Waals surface area contributed by atoms with Crippen LogP contribution in [0.1, 0.15) is 97.8 Å². The van der Waals surface area contributed by atoms with E-state index in [4.69, 9.17) is 13.6 Å². The van der Waals surface area contributed by atoms with Gasteiger partial charge in [0.1, 0.15) is 18.3 Å². The lowest BCUT2D eigenvalue weighted by Gasteiger charge is -2.36. The van der Waals surface area contributed by atoms with Crippen molar-refractivity contribution in [2.75, 3.05) is 0 Å². The highest BCUT2D eigenvalue weighted by molar-refractivity contribution is 9.12. The largest absolute Gasteiger partial charge is 0.457 e. The summed E-state index contributed by atoms with van der Waals surface area (Å²) in [6, 6.07) is 0. The molecule has 4 rings (SSSR count). The summed E-state index contributed by atoms with van der Waals surface area (Å²) in [5.74, 6) is 2.22. The van der Waals surface area contributed by atoms with Gasteiger partial charge in [-0.2, -0.15) is 13.6 Å². The van der Waals surface area contributed by atoms with Crippen molar-refractivity contribution in [2.45, 2.75) is 116 Å². The molecule has 0 saturated heterocycles. The van der Waals surface area contributed by atoms with Gasteiger partial charge in [-0.1, -0.05) is 59.3 Å². The molecule has 4 aliphatic rings. The molecule has 0 bridgehead atoms. The average Bonchev–Trinajstić information content (AvgIpc) is 3.23. The molecule has 6 unspecified atom stereocenters. The first kappa shape index (κ1) is 24.2. The third-order valence-corrected chi connectivity index (χ3v) is 14.5. The molecule has 0 aromatic rings. The van der Waals surface area contributed by atoms with Crippen LogP contribution in [0.5, 0.6) is 0 Å². The molecule has 30 heavy (non-hydrogen) atoms. The maximum absolute atomic E-state index is 7.06. The number of hydrogen-bond donors (Lipinski definition) is 0. The zero-order chi connectivity index (χ0) is 21.0. The molecule has 3 saturated carbocycles. The predicted molar refractivity (Wildman–Crippen MR) is 135 cm³/mol. The summed E-state index contributed by atoms with van der Waals surface area (Å²) in [7, 11) is 2.91. The van der Waals surface area contributed by atoms with E-state index in [9.17, 15) is 0 Å². The topological polar surface area (TPSA) is 27.7 Å². The van der Waals surface area contributed by atoms with Crippen molar-refractivity contribution in [2.24, 2.45) is 17.8 Å². The fraction of sp³-hybridized carbons (Fsp3) is 0.913. The van der Waals surface area contributed by atoms with Crippen molar-refractivity contribution in [1.29, 1.82) is 0 Å². The van der Waals surface area contributed by atoms with Crippen LogP contribution in [0.25, 0.3) is 0 Å². The van der Waals surface area contributed by atoms with Crippen molar-refractivity contribution in [1.82, 2.24) is 0 Å². The van der Waals surface area contributed by atoms with E-state index in [-0.39, 0.29) is 18.3 Å². The monoisotopic (exact) mass is 491 g/mol. The second kappa shape index (κ2) is 11.5. The van der Waals surface area contributed by atoms with Crippen molar-refractivity contribution in [3.05, 3.63) is 10.1 Å². The van der Waals surface area contributed by atoms with Crippen molar-refractivity contribution >= 4 is 39.4 Å². The van der Waals surface area contributed by atoms with E-state index in [1.54, 1.807) is 10.8 Å². The Morgan fingerprint density at radius 2 is 1.13 bits per heavy atom. The second-order valence-electron chi connectivity index (χ2n) is 10.2. The minimum Gasteiger partial charge on any atom is -0.170 e. The molecular weight excluding hydrogens is 451 g/mol. The van der Waals surface area contributed by atoms with Gasteiger partial charge in [0.25, 0.3) is 0 Å². The van der Waals surface area contributed by atoms with Gasteiger partial charge in [0.05, 0.1) is 0 Å². The number of rotatable bonds is 7. The zero-order valence-electron chi connectivity index (χ0n) is 18.9. The van der Waals surface area contributed by atoms with E-state index >= 15 is 0 Å². The standard InChI is InChI=1S/C23H40O3PS3/c1-17-7-4-10-20(13-17)24-27(23-16-28-30-29-23,25-21-11-5-8-18(2)14-21)26-22-12-6-9-19(3)15-22/h16-22H,4-15H2,1-3H3/q+1. The van der Waals surface area contributed by atoms with Gasteiger partial charge in [0, 0.05) is 16.2 Å². The van der Waals surface area contributed by atoms with Crippen LogP contribution >= 0.6 is 39.4 Å². The smallest absolute Gasteiger partial charge is 0.170 e. The highest BCUT2D eigenvalue weighted by atomic mass is 33.5. The average molecular weight is 492 g/mol. The van der Waals surface area contributed by atoms with Gasteiger partial charge < -0.3 is 0 Å². The summed E-state index contributed by atoms with van der Waals surface area (Å²) in [5, 5.41) is 2.27. The summed E-state index contributed by atoms with van der Waals surface area (Å²) >= 11 is 0. The molecule has 3 aliphatic carbocycles. The highest BCUT2D eigenvalue weighted by Gasteiger charge is 2.58. The van der Waals surface area contributed by atoms with Crippen LogP contribution in [-0.2, 0) is 13.6 Å². The maximum atomic E-state index is 7.06. The summed E-state index contributed by atoms with van der Waals surface area (Å²) in [5.41, 5.74) is 0. The fourth-order valence-corrected chi connectivity index (χ4v) is 14.1. The van der Waals surface area contributed by atoms with Crippen LogP contribution in [0.15, 0.2) is 10.1 Å². The third-order valence-electron chi connectivity index (χ3n) is 7.11. The molecule has 1 heterocycles. The van der Waals surface area contributed by atoms with Gasteiger partial charge in [-0.15, -0.1) is 0 Å². The molecule has 0 aromatic heterocycles. The van der Waals surface area contributed by atoms with Crippen molar-refractivity contribution in [3.63, 3.8) is 0 Å². The Bertz CT molecular complexity index is 530. The van der Waals surface area contributed by atoms with Crippen molar-refractivity contribution < 1.29 is 13.6 Å². The lowest BCUT2D eigenvalue weighted by molar-refractivity contribution is 0.0104. The highest BCUT2D eigenvalue weighted by Crippen LogP contribution is 2.79. The summed E-state index contributed by atoms with van der Waals surface area (Å²) in [4.78, 5) is 0. The van der Waals surface area contributed by atoms with E-state index in [0.29, 0.717) is 0 Å². The molecule has 172 valence electrons. The minimum absolute atomic E-state index is 0.279. The van der Waals surface area contributed by atoms with Gasteiger partial charge in [0.15, 0.2) is 0 Å². The summed E-state index contributed by atoms with van der Waals surface area (Å²) in [6.07, 6.45) is 15.5. The first-order valence-electron chi connectivity index (χ1n) is 12.2. The second-order valence-corrected chi connectivity index (χ2v) is 16.5. The van der Waals surface area contributed by atoms with Gasteiger partial charge in [-0.25, -0.2) is 0 Å². The Balaban J connectivity index is 1.58. The molecule has 0 amide bonds. The fourth-order valence-electron chi connectivity index (χ4n) is 5.49. The SMILES string of the molecule is CC1CCCC(O[P+](OC2CCCC(C)C2)(OC2CCCC(C)C2)C2=CSSS2)C1. The quantitative estimate of drug-likeness (QED) is 0.260. The van der Waals surface area contributed by atoms with Gasteiger partial charge in [-0.05, 0) is 76.9 Å². The summed E-state index contributed by atoms with van der Waals surface area (Å²) < 4.78 is 22.4. The summed E-state index contributed by atoms with van der Waals surface area (Å²) in [6.45, 7) is 7.12. The van der Waals surface area contributed by atoms with Gasteiger partial charge in [-0.3, -0.25) is 0 Å². The van der Waals surface area contributed by atoms with Crippen LogP contribution in [0.3, 0.4) is 0 Å². The third kappa shape index (κ3) is 6.58. The molecule has 0 spiro atoms. The Morgan fingerprint density at radius 3 is 1.47 bits per heavy atom. The van der Waals surface area contributed by atoms with Crippen molar-refractivity contribution in [3.8, 4) is 0 Å². The molecule has 0 N–H and O–H groups in total. The first-order chi connectivity index (χ1) is 14.5. The number of hydrogen-bond acceptors (Lipinski definition) is 6. The van der Waals surface area contributed by atoms with Crippen LogP contribution in [-0.4, -0.2) is 18.3 Å². The molecule has 3 fully saturated rings. The predicted octanol–water partition coefficient (Wildman–Crippen LogP) is 9.38. The Hall–Kier alpha value is 1.10. The van der Waals surface area contributed by atoms with Gasteiger partial charge >= 0.3 is 7.94 Å². The Kier molecular flexibility index (Phi) is 9.28. The normalized spacial score (nSPS) is 40.0. The van der Waals surface area contributed by atoms with E-state index < -0.39 is 7.94 Å². The molecule has 7 heteroatoms. The van der Waals surface area contributed by atoms with E-state index in [1.807, 2.05) is 20.6 Å². The van der Waals surface area contributed by atoms with Gasteiger partial charge in [0.2, 0.25) is 4.65 Å². The van der Waals surface area contributed by atoms with Crippen LogP contribution in [0.2, 0.25) is 0 Å². The molecule has 1 aliphatic heterocycles. The molecular formula is C23H40O3PS3+. The Morgan fingerprint density at radius 1 is 0.700 bits per heavy atom. The Labute approximate surface area is 196 Å². The zero-order valence-corrected chi connectivity index (χ0v) is 22.3.